The third-order valence-corrected chi connectivity index (χ3v) is 4.60. The standard InChI is InChI=1S/C16H29N3O/c1-3-4-7-16(20)17-14-6-5-10-19(13-14)15-8-11-18(2)12-9-15/h3,14-15H,1,4-13H2,2H3,(H,17,20). The number of likely N-dealkylation sites (tertiary alicyclic amines) is 2. The van der Waals surface area contributed by atoms with Crippen molar-refractivity contribution in [2.24, 2.45) is 0 Å². The van der Waals surface area contributed by atoms with Gasteiger partial charge in [0, 0.05) is 25.0 Å². The molecular formula is C16H29N3O. The van der Waals surface area contributed by atoms with Crippen LogP contribution in [0, 0.1) is 0 Å². The summed E-state index contributed by atoms with van der Waals surface area (Å²) in [6.45, 7) is 8.32. The Morgan fingerprint density at radius 2 is 2.05 bits per heavy atom. The predicted octanol–water partition coefficient (Wildman–Crippen LogP) is 1.63. The summed E-state index contributed by atoms with van der Waals surface area (Å²) < 4.78 is 0. The minimum atomic E-state index is 0.181. The third kappa shape index (κ3) is 4.60. The molecule has 1 unspecified atom stereocenters. The molecule has 2 saturated heterocycles. The Bertz CT molecular complexity index is 324. The first-order chi connectivity index (χ1) is 9.69. The fraction of sp³-hybridized carbons (Fsp3) is 0.812. The van der Waals surface area contributed by atoms with E-state index in [1.807, 2.05) is 6.08 Å². The van der Waals surface area contributed by atoms with Gasteiger partial charge in [-0.2, -0.15) is 0 Å². The van der Waals surface area contributed by atoms with Crippen molar-refractivity contribution >= 4 is 5.91 Å². The quantitative estimate of drug-likeness (QED) is 0.777. The van der Waals surface area contributed by atoms with E-state index in [0.29, 0.717) is 12.5 Å². The van der Waals surface area contributed by atoms with Crippen LogP contribution in [0.3, 0.4) is 0 Å². The predicted molar refractivity (Wildman–Crippen MR) is 82.7 cm³/mol. The topological polar surface area (TPSA) is 35.6 Å². The number of hydrogen-bond acceptors (Lipinski definition) is 3. The van der Waals surface area contributed by atoms with Crippen molar-refractivity contribution in [1.82, 2.24) is 15.1 Å². The van der Waals surface area contributed by atoms with Gasteiger partial charge < -0.3 is 10.2 Å². The molecule has 1 atom stereocenters. The lowest BCUT2D eigenvalue weighted by atomic mass is 9.98. The molecule has 2 aliphatic rings. The second kappa shape index (κ2) is 7.79. The van der Waals surface area contributed by atoms with E-state index >= 15 is 0 Å². The van der Waals surface area contributed by atoms with Crippen LogP contribution in [0.15, 0.2) is 12.7 Å². The molecule has 2 rings (SSSR count). The van der Waals surface area contributed by atoms with Gasteiger partial charge in [-0.15, -0.1) is 6.58 Å². The zero-order valence-corrected chi connectivity index (χ0v) is 12.8. The van der Waals surface area contributed by atoms with Crippen molar-refractivity contribution in [3.8, 4) is 0 Å². The van der Waals surface area contributed by atoms with E-state index in [1.54, 1.807) is 0 Å². The van der Waals surface area contributed by atoms with E-state index in [9.17, 15) is 4.79 Å². The zero-order valence-electron chi connectivity index (χ0n) is 12.8. The SMILES string of the molecule is C=CCCC(=O)NC1CCCN(C2CCN(C)CC2)C1. The maximum atomic E-state index is 11.8. The van der Waals surface area contributed by atoms with Gasteiger partial charge in [-0.3, -0.25) is 9.69 Å². The first-order valence-corrected chi connectivity index (χ1v) is 8.02. The molecule has 0 aromatic rings. The van der Waals surface area contributed by atoms with E-state index in [-0.39, 0.29) is 5.91 Å². The highest BCUT2D eigenvalue weighted by molar-refractivity contribution is 5.76. The third-order valence-electron chi connectivity index (χ3n) is 4.60. The molecule has 0 bridgehead atoms. The van der Waals surface area contributed by atoms with Crippen LogP contribution in [-0.4, -0.2) is 61.0 Å². The van der Waals surface area contributed by atoms with E-state index in [2.05, 4.69) is 28.7 Å². The Morgan fingerprint density at radius 3 is 2.75 bits per heavy atom. The molecule has 2 heterocycles. The molecule has 2 fully saturated rings. The molecule has 2 aliphatic heterocycles. The number of nitrogens with one attached hydrogen (secondary N) is 1. The van der Waals surface area contributed by atoms with E-state index in [0.717, 1.165) is 25.4 Å². The van der Waals surface area contributed by atoms with E-state index in [1.165, 1.54) is 38.9 Å². The first kappa shape index (κ1) is 15.5. The van der Waals surface area contributed by atoms with Crippen LogP contribution in [0.4, 0.5) is 0 Å². The van der Waals surface area contributed by atoms with Crippen molar-refractivity contribution in [3.05, 3.63) is 12.7 Å². The highest BCUT2D eigenvalue weighted by Gasteiger charge is 2.28. The average Bonchev–Trinajstić information content (AvgIpc) is 2.46. The first-order valence-electron chi connectivity index (χ1n) is 8.02. The molecular weight excluding hydrogens is 250 g/mol. The number of allylic oxidation sites excluding steroid dienone is 1. The van der Waals surface area contributed by atoms with Crippen LogP contribution >= 0.6 is 0 Å². The molecule has 0 radical (unpaired) electrons. The number of piperidine rings is 2. The van der Waals surface area contributed by atoms with Gasteiger partial charge in [-0.25, -0.2) is 0 Å². The molecule has 0 aliphatic carbocycles. The molecule has 114 valence electrons. The minimum absolute atomic E-state index is 0.181. The lowest BCUT2D eigenvalue weighted by Crippen LogP contribution is -2.53. The van der Waals surface area contributed by atoms with Gasteiger partial charge in [0.1, 0.15) is 0 Å². The van der Waals surface area contributed by atoms with Crippen LogP contribution in [0.2, 0.25) is 0 Å². The van der Waals surface area contributed by atoms with Crippen LogP contribution in [0.25, 0.3) is 0 Å². The number of carbonyl (C=O) groups is 1. The molecule has 4 heteroatoms. The van der Waals surface area contributed by atoms with Crippen LogP contribution < -0.4 is 5.32 Å². The molecule has 0 saturated carbocycles. The molecule has 0 aromatic heterocycles. The highest BCUT2D eigenvalue weighted by Crippen LogP contribution is 2.20. The molecule has 4 nitrogen and oxygen atoms in total. The van der Waals surface area contributed by atoms with Gasteiger partial charge in [0.05, 0.1) is 0 Å². The molecule has 20 heavy (non-hydrogen) atoms. The fourth-order valence-electron chi connectivity index (χ4n) is 3.35. The Kier molecular flexibility index (Phi) is 6.05. The largest absolute Gasteiger partial charge is 0.352 e. The average molecular weight is 279 g/mol. The summed E-state index contributed by atoms with van der Waals surface area (Å²) in [5, 5.41) is 3.19. The van der Waals surface area contributed by atoms with Crippen molar-refractivity contribution in [2.75, 3.05) is 33.2 Å². The van der Waals surface area contributed by atoms with Gasteiger partial charge in [-0.05, 0) is 58.8 Å². The van der Waals surface area contributed by atoms with Crippen molar-refractivity contribution < 1.29 is 4.79 Å². The number of hydrogen-bond donors (Lipinski definition) is 1. The number of rotatable bonds is 5. The summed E-state index contributed by atoms with van der Waals surface area (Å²) >= 11 is 0. The Balaban J connectivity index is 1.76. The molecule has 1 amide bonds. The van der Waals surface area contributed by atoms with Gasteiger partial charge in [0.15, 0.2) is 0 Å². The van der Waals surface area contributed by atoms with Crippen molar-refractivity contribution in [1.29, 1.82) is 0 Å². The maximum absolute atomic E-state index is 11.8. The smallest absolute Gasteiger partial charge is 0.220 e. The normalized spacial score (nSPS) is 26.4. The van der Waals surface area contributed by atoms with Gasteiger partial charge >= 0.3 is 0 Å². The maximum Gasteiger partial charge on any atom is 0.220 e. The van der Waals surface area contributed by atoms with Crippen molar-refractivity contribution in [2.45, 2.75) is 50.6 Å². The molecule has 1 N–H and O–H groups in total. The second-order valence-electron chi connectivity index (χ2n) is 6.26. The van der Waals surface area contributed by atoms with Gasteiger partial charge in [0.25, 0.3) is 0 Å². The summed E-state index contributed by atoms with van der Waals surface area (Å²) in [5.74, 6) is 0.181. The second-order valence-corrected chi connectivity index (χ2v) is 6.26. The summed E-state index contributed by atoms with van der Waals surface area (Å²) in [4.78, 5) is 16.8. The zero-order chi connectivity index (χ0) is 14.4. The summed E-state index contributed by atoms with van der Waals surface area (Å²) in [6.07, 6.45) is 8.04. The fourth-order valence-corrected chi connectivity index (χ4v) is 3.35. The van der Waals surface area contributed by atoms with E-state index < -0.39 is 0 Å². The van der Waals surface area contributed by atoms with Crippen molar-refractivity contribution in [3.63, 3.8) is 0 Å². The Hall–Kier alpha value is -0.870. The summed E-state index contributed by atoms with van der Waals surface area (Å²) in [7, 11) is 2.20. The summed E-state index contributed by atoms with van der Waals surface area (Å²) in [6, 6.07) is 1.07. The lowest BCUT2D eigenvalue weighted by Gasteiger charge is -2.41. The van der Waals surface area contributed by atoms with Crippen LogP contribution in [0.1, 0.15) is 38.5 Å². The van der Waals surface area contributed by atoms with Gasteiger partial charge in [0.2, 0.25) is 5.91 Å². The van der Waals surface area contributed by atoms with Crippen LogP contribution in [-0.2, 0) is 4.79 Å². The molecule has 0 spiro atoms. The number of nitrogens with zero attached hydrogens (tertiary/aromatic N) is 2. The number of carbonyl (C=O) groups excluding carboxylic acids is 1. The highest BCUT2D eigenvalue weighted by atomic mass is 16.1. The van der Waals surface area contributed by atoms with E-state index in [4.69, 9.17) is 0 Å². The van der Waals surface area contributed by atoms with Gasteiger partial charge in [-0.1, -0.05) is 6.08 Å². The Morgan fingerprint density at radius 1 is 1.30 bits per heavy atom. The minimum Gasteiger partial charge on any atom is -0.352 e. The molecule has 0 aromatic carbocycles. The Labute approximate surface area is 123 Å². The lowest BCUT2D eigenvalue weighted by molar-refractivity contribution is -0.122. The van der Waals surface area contributed by atoms with Crippen LogP contribution in [0.5, 0.6) is 0 Å². The number of amides is 1. The monoisotopic (exact) mass is 279 g/mol. The summed E-state index contributed by atoms with van der Waals surface area (Å²) in [5.41, 5.74) is 0.